The van der Waals surface area contributed by atoms with Gasteiger partial charge in [0.05, 0.1) is 0 Å². The molecule has 1 aliphatic heterocycles. The van der Waals surface area contributed by atoms with Crippen LogP contribution in [0.3, 0.4) is 0 Å². The summed E-state index contributed by atoms with van der Waals surface area (Å²) in [6.07, 6.45) is 6.23. The van der Waals surface area contributed by atoms with Gasteiger partial charge in [0.2, 0.25) is 0 Å². The van der Waals surface area contributed by atoms with Gasteiger partial charge in [0.15, 0.2) is 5.84 Å². The lowest BCUT2D eigenvalue weighted by Crippen LogP contribution is -2.03. The summed E-state index contributed by atoms with van der Waals surface area (Å²) in [5, 5.41) is 7.24. The molecule has 0 amide bonds. The van der Waals surface area contributed by atoms with Gasteiger partial charge in [-0.15, -0.1) is 0 Å². The predicted molar refractivity (Wildman–Crippen MR) is 54.3 cm³/mol. The Kier molecular flexibility index (Phi) is 5.43. The van der Waals surface area contributed by atoms with E-state index in [-0.39, 0.29) is 5.84 Å². The van der Waals surface area contributed by atoms with E-state index in [1.807, 2.05) is 13.8 Å². The second kappa shape index (κ2) is 6.22. The largest absolute Gasteiger partial charge is 0.282 e. The highest BCUT2D eigenvalue weighted by atomic mass is 14.9. The molecule has 0 radical (unpaired) electrons. The molecule has 0 unspecified atom stereocenters. The van der Waals surface area contributed by atoms with Crippen LogP contribution in [0.1, 0.15) is 13.8 Å². The molecule has 1 rings (SSSR count). The van der Waals surface area contributed by atoms with E-state index in [1.165, 1.54) is 6.34 Å². The third-order valence-corrected chi connectivity index (χ3v) is 1.04. The Hall–Kier alpha value is -1.51. The first-order valence-corrected chi connectivity index (χ1v) is 3.82. The minimum Gasteiger partial charge on any atom is -0.282 e. The summed E-state index contributed by atoms with van der Waals surface area (Å²) in [5.74, 6) is 0.231. The summed E-state index contributed by atoms with van der Waals surface area (Å²) < 4.78 is 0. The maximum absolute atomic E-state index is 7.24. The zero-order valence-electron chi connectivity index (χ0n) is 7.41. The van der Waals surface area contributed by atoms with Crippen molar-refractivity contribution < 1.29 is 0 Å². The van der Waals surface area contributed by atoms with Gasteiger partial charge in [-0.3, -0.25) is 5.41 Å². The number of hydrogen-bond acceptors (Lipinski definition) is 2. The van der Waals surface area contributed by atoms with E-state index >= 15 is 0 Å². The van der Waals surface area contributed by atoms with Gasteiger partial charge in [-0.2, -0.15) is 0 Å². The molecule has 64 valence electrons. The normalized spacial score (nSPS) is 17.2. The number of nitrogens with zero attached hydrogens (tertiary/aromatic N) is 2. The topological polar surface area (TPSA) is 48.6 Å². The van der Waals surface area contributed by atoms with E-state index in [1.54, 1.807) is 18.4 Å². The fourth-order valence-corrected chi connectivity index (χ4v) is 0.589. The molecule has 0 aromatic carbocycles. The molecular weight excluding hydrogens is 150 g/mol. The molecule has 0 aliphatic carbocycles. The van der Waals surface area contributed by atoms with Crippen molar-refractivity contribution in [2.24, 2.45) is 9.98 Å². The molecule has 0 bridgehead atoms. The van der Waals surface area contributed by atoms with E-state index in [9.17, 15) is 0 Å². The van der Waals surface area contributed by atoms with Crippen LogP contribution in [-0.2, 0) is 0 Å². The van der Waals surface area contributed by atoms with Crippen LogP contribution >= 0.6 is 0 Å². The second-order valence-corrected chi connectivity index (χ2v) is 1.73. The Morgan fingerprint density at radius 3 is 2.67 bits per heavy atom. The van der Waals surface area contributed by atoms with E-state index in [0.717, 1.165) is 0 Å². The van der Waals surface area contributed by atoms with Crippen LogP contribution in [0.5, 0.6) is 0 Å². The number of nitrogens with one attached hydrogen (secondary N) is 1. The van der Waals surface area contributed by atoms with Gasteiger partial charge in [-0.1, -0.05) is 32.6 Å². The average molecular weight is 163 g/mol. The third kappa shape index (κ3) is 3.05. The Bertz CT molecular complexity index is 246. The van der Waals surface area contributed by atoms with Gasteiger partial charge in [0.25, 0.3) is 0 Å². The summed E-state index contributed by atoms with van der Waals surface area (Å²) in [5.41, 5.74) is 0.692. The zero-order valence-corrected chi connectivity index (χ0v) is 7.41. The molecule has 1 heterocycles. The number of allylic oxidation sites excluding steroid dienone is 2. The number of rotatable bonds is 1. The van der Waals surface area contributed by atoms with E-state index < -0.39 is 0 Å². The molecule has 1 aliphatic rings. The van der Waals surface area contributed by atoms with E-state index in [0.29, 0.717) is 5.57 Å². The van der Waals surface area contributed by atoms with E-state index in [4.69, 9.17) is 5.41 Å². The van der Waals surface area contributed by atoms with Crippen LogP contribution < -0.4 is 0 Å². The van der Waals surface area contributed by atoms with Crippen LogP contribution in [0, 0.1) is 5.41 Å². The van der Waals surface area contributed by atoms with Crippen LogP contribution in [0.2, 0.25) is 0 Å². The van der Waals surface area contributed by atoms with Crippen LogP contribution in [0.4, 0.5) is 0 Å². The van der Waals surface area contributed by atoms with Gasteiger partial charge < -0.3 is 0 Å². The fraction of sp³-hybridized carbons (Fsp3) is 0.222. The molecule has 0 aromatic rings. The van der Waals surface area contributed by atoms with Gasteiger partial charge in [0.1, 0.15) is 6.34 Å². The summed E-state index contributed by atoms with van der Waals surface area (Å²) >= 11 is 0. The smallest absolute Gasteiger partial charge is 0.155 e. The van der Waals surface area contributed by atoms with Crippen LogP contribution in [-0.4, -0.2) is 18.4 Å². The maximum Gasteiger partial charge on any atom is 0.155 e. The molecule has 0 saturated heterocycles. The molecular formula is C9H13N3. The quantitative estimate of drug-likeness (QED) is 0.616. The molecule has 3 nitrogen and oxygen atoms in total. The van der Waals surface area contributed by atoms with Crippen molar-refractivity contribution in [1.82, 2.24) is 0 Å². The van der Waals surface area contributed by atoms with Crippen molar-refractivity contribution >= 4 is 18.4 Å². The zero-order chi connectivity index (χ0) is 9.40. The van der Waals surface area contributed by atoms with Gasteiger partial charge in [-0.25, -0.2) is 9.98 Å². The molecule has 0 fully saturated rings. The first-order chi connectivity index (χ1) is 5.84. The van der Waals surface area contributed by atoms with Crippen molar-refractivity contribution in [3.63, 3.8) is 0 Å². The molecule has 0 spiro atoms. The number of aliphatic imine (C=N–C) groups is 2. The van der Waals surface area contributed by atoms with Crippen molar-refractivity contribution in [1.29, 1.82) is 5.41 Å². The highest BCUT2D eigenvalue weighted by molar-refractivity contribution is 6.19. The standard InChI is InChI=1S/C7H7N3.C2H6/c1-2-3-6-4-9-5-10-7(6)8;1-2/h2-5,8H,1H2;1-2H3/b6-3-,8-7?;. The minimum atomic E-state index is 0.231. The highest BCUT2D eigenvalue weighted by Gasteiger charge is 2.00. The summed E-state index contributed by atoms with van der Waals surface area (Å²) in [7, 11) is 0. The SMILES string of the molecule is C=C/C=C1/C=NC=NC1=N.CC. The van der Waals surface area contributed by atoms with Crippen molar-refractivity contribution in [2.75, 3.05) is 0 Å². The van der Waals surface area contributed by atoms with Crippen LogP contribution in [0.25, 0.3) is 0 Å². The Labute approximate surface area is 72.8 Å². The van der Waals surface area contributed by atoms with Gasteiger partial charge in [-0.05, 0) is 0 Å². The molecule has 12 heavy (non-hydrogen) atoms. The maximum atomic E-state index is 7.24. The molecule has 1 N–H and O–H groups in total. The Morgan fingerprint density at radius 1 is 1.50 bits per heavy atom. The predicted octanol–water partition coefficient (Wildman–Crippen LogP) is 2.21. The summed E-state index contributed by atoms with van der Waals surface area (Å²) in [6.45, 7) is 7.50. The second-order valence-electron chi connectivity index (χ2n) is 1.73. The highest BCUT2D eigenvalue weighted by Crippen LogP contribution is 1.98. The minimum absolute atomic E-state index is 0.231. The molecule has 0 saturated carbocycles. The summed E-state index contributed by atoms with van der Waals surface area (Å²) in [4.78, 5) is 7.43. The average Bonchev–Trinajstić information content (AvgIpc) is 2.13. The third-order valence-electron chi connectivity index (χ3n) is 1.04. The lowest BCUT2D eigenvalue weighted by molar-refractivity contribution is 1.43. The monoisotopic (exact) mass is 163 g/mol. The van der Waals surface area contributed by atoms with Crippen LogP contribution in [0.15, 0.2) is 34.3 Å². The number of hydrogen-bond donors (Lipinski definition) is 1. The van der Waals surface area contributed by atoms with Gasteiger partial charge >= 0.3 is 0 Å². The van der Waals surface area contributed by atoms with Crippen molar-refractivity contribution in [3.8, 4) is 0 Å². The number of amidine groups is 1. The first kappa shape index (κ1) is 10.5. The Balaban J connectivity index is 0.000000561. The van der Waals surface area contributed by atoms with Gasteiger partial charge in [0, 0.05) is 11.8 Å². The first-order valence-electron chi connectivity index (χ1n) is 3.82. The molecule has 3 heteroatoms. The van der Waals surface area contributed by atoms with E-state index in [2.05, 4.69) is 16.6 Å². The molecule has 0 atom stereocenters. The van der Waals surface area contributed by atoms with Crippen molar-refractivity contribution in [3.05, 3.63) is 24.3 Å². The lowest BCUT2D eigenvalue weighted by Gasteiger charge is -1.98. The lowest BCUT2D eigenvalue weighted by atomic mass is 10.2. The molecule has 0 aromatic heterocycles. The summed E-state index contributed by atoms with van der Waals surface area (Å²) in [6, 6.07) is 0. The van der Waals surface area contributed by atoms with Crippen molar-refractivity contribution in [2.45, 2.75) is 13.8 Å². The Morgan fingerprint density at radius 2 is 2.17 bits per heavy atom. The fourth-order valence-electron chi connectivity index (χ4n) is 0.589.